The van der Waals surface area contributed by atoms with E-state index in [1.807, 2.05) is 73.7 Å². The van der Waals surface area contributed by atoms with Gasteiger partial charge in [-0.15, -0.1) is 0 Å². The topological polar surface area (TPSA) is 71.1 Å². The van der Waals surface area contributed by atoms with Gasteiger partial charge in [-0.2, -0.15) is 10.1 Å². The van der Waals surface area contributed by atoms with Crippen LogP contribution in [-0.4, -0.2) is 28.0 Å². The van der Waals surface area contributed by atoms with E-state index in [4.69, 9.17) is 16.0 Å². The normalized spacial score (nSPS) is 15.2. The van der Waals surface area contributed by atoms with Crippen molar-refractivity contribution in [1.29, 1.82) is 0 Å². The minimum Gasteiger partial charge on any atom is -0.469 e. The summed E-state index contributed by atoms with van der Waals surface area (Å²) in [5.41, 5.74) is 3.62. The van der Waals surface area contributed by atoms with Crippen LogP contribution in [0.15, 0.2) is 99.3 Å². The molecule has 0 bridgehead atoms. The van der Waals surface area contributed by atoms with Crippen molar-refractivity contribution in [2.24, 2.45) is 10.1 Å². The molecular formula is C26H19ClN4O2. The van der Waals surface area contributed by atoms with E-state index < -0.39 is 0 Å². The lowest BCUT2D eigenvalue weighted by Crippen LogP contribution is -2.27. The Morgan fingerprint density at radius 1 is 1.09 bits per heavy atom. The lowest BCUT2D eigenvalue weighted by molar-refractivity contribution is -0.122. The maximum Gasteiger partial charge on any atom is 0.298 e. The molecule has 0 fully saturated rings. The highest BCUT2D eigenvalue weighted by Gasteiger charge is 2.31. The predicted octanol–water partition coefficient (Wildman–Crippen LogP) is 5.54. The molecule has 0 saturated carbocycles. The molecule has 0 spiro atoms. The van der Waals surface area contributed by atoms with Crippen LogP contribution in [-0.2, 0) is 11.2 Å². The maximum atomic E-state index is 13.2. The number of hydrogen-bond donors (Lipinski definition) is 0. The number of rotatable bonds is 5. The van der Waals surface area contributed by atoms with Gasteiger partial charge in [-0.1, -0.05) is 53.6 Å². The number of carbonyl (C=O) groups excluding carboxylic acids is 1. The summed E-state index contributed by atoms with van der Waals surface area (Å²) in [6.07, 6.45) is 5.34. The van der Waals surface area contributed by atoms with Gasteiger partial charge in [0.1, 0.15) is 16.6 Å². The molecule has 4 aromatic rings. The SMILES string of the molecule is Cc1ccc2nc(Cl)c(/C=N/N3C(=O)/C(=C/Cc4ccco4)N=C3c3ccccc3)cc2c1. The molecule has 6 nitrogen and oxygen atoms in total. The summed E-state index contributed by atoms with van der Waals surface area (Å²) in [6.45, 7) is 2.02. The van der Waals surface area contributed by atoms with E-state index in [-0.39, 0.29) is 5.91 Å². The lowest BCUT2D eigenvalue weighted by Gasteiger charge is -2.12. The monoisotopic (exact) mass is 454 g/mol. The third-order valence-corrected chi connectivity index (χ3v) is 5.51. The molecule has 1 amide bonds. The molecule has 0 aliphatic carbocycles. The molecule has 0 atom stereocenters. The number of amidine groups is 1. The van der Waals surface area contributed by atoms with E-state index in [2.05, 4.69) is 15.1 Å². The Bertz CT molecular complexity index is 1420. The summed E-state index contributed by atoms with van der Waals surface area (Å²) in [5.74, 6) is 0.874. The summed E-state index contributed by atoms with van der Waals surface area (Å²) >= 11 is 6.40. The number of fused-ring (bicyclic) bond motifs is 1. The highest BCUT2D eigenvalue weighted by molar-refractivity contribution is 6.32. The van der Waals surface area contributed by atoms with Gasteiger partial charge in [-0.05, 0) is 43.3 Å². The average Bonchev–Trinajstić information content (AvgIpc) is 3.45. The quantitative estimate of drug-likeness (QED) is 0.226. The second-order valence-electron chi connectivity index (χ2n) is 7.60. The van der Waals surface area contributed by atoms with E-state index in [0.29, 0.717) is 28.7 Å². The second kappa shape index (κ2) is 8.84. The molecular weight excluding hydrogens is 436 g/mol. The van der Waals surface area contributed by atoms with Gasteiger partial charge < -0.3 is 4.42 Å². The average molecular weight is 455 g/mol. The van der Waals surface area contributed by atoms with Crippen LogP contribution < -0.4 is 0 Å². The standard InChI is InChI=1S/C26H19ClN4O2/c1-17-9-11-22-19(14-17)15-20(24(27)29-22)16-28-31-25(18-6-3-2-4-7-18)30-23(26(31)32)12-10-21-8-5-13-33-21/h2-9,11-16H,10H2,1H3/b23-12-,28-16+. The molecule has 3 heterocycles. The zero-order valence-corrected chi connectivity index (χ0v) is 18.5. The fourth-order valence-corrected chi connectivity index (χ4v) is 3.75. The van der Waals surface area contributed by atoms with Gasteiger partial charge in [0.15, 0.2) is 5.84 Å². The van der Waals surface area contributed by atoms with Crippen LogP contribution in [0.4, 0.5) is 0 Å². The first-order valence-corrected chi connectivity index (χ1v) is 10.8. The zero-order valence-electron chi connectivity index (χ0n) is 17.8. The largest absolute Gasteiger partial charge is 0.469 e. The number of hydrazone groups is 1. The number of benzene rings is 2. The lowest BCUT2D eigenvalue weighted by atomic mass is 10.1. The zero-order chi connectivity index (χ0) is 22.8. The number of carbonyl (C=O) groups is 1. The van der Waals surface area contributed by atoms with Crippen LogP contribution in [0.5, 0.6) is 0 Å². The summed E-state index contributed by atoms with van der Waals surface area (Å²) < 4.78 is 5.36. The first-order valence-electron chi connectivity index (χ1n) is 10.4. The van der Waals surface area contributed by atoms with Crippen LogP contribution in [0.3, 0.4) is 0 Å². The molecule has 0 radical (unpaired) electrons. The third kappa shape index (κ3) is 4.33. The van der Waals surface area contributed by atoms with Crippen molar-refractivity contribution in [2.45, 2.75) is 13.3 Å². The molecule has 0 N–H and O–H groups in total. The second-order valence-corrected chi connectivity index (χ2v) is 7.96. The van der Waals surface area contributed by atoms with Gasteiger partial charge >= 0.3 is 0 Å². The third-order valence-electron chi connectivity index (χ3n) is 5.21. The molecule has 5 rings (SSSR count). The summed E-state index contributed by atoms with van der Waals surface area (Å²) in [4.78, 5) is 22.2. The van der Waals surface area contributed by atoms with E-state index >= 15 is 0 Å². The summed E-state index contributed by atoms with van der Waals surface area (Å²) in [5, 5.41) is 7.01. The number of furan rings is 1. The van der Waals surface area contributed by atoms with Crippen molar-refractivity contribution >= 4 is 40.5 Å². The number of halogens is 1. The number of aliphatic imine (C=N–C) groups is 1. The van der Waals surface area contributed by atoms with E-state index in [9.17, 15) is 4.79 Å². The van der Waals surface area contributed by atoms with Crippen molar-refractivity contribution in [3.8, 4) is 0 Å². The minimum absolute atomic E-state index is 0.306. The number of hydrogen-bond acceptors (Lipinski definition) is 5. The van der Waals surface area contributed by atoms with Crippen molar-refractivity contribution in [3.05, 3.63) is 112 Å². The summed E-state index contributed by atoms with van der Waals surface area (Å²) in [6, 6.07) is 21.0. The minimum atomic E-state index is -0.322. The first kappa shape index (κ1) is 20.8. The maximum absolute atomic E-state index is 13.2. The fraction of sp³-hybridized carbons (Fsp3) is 0.0769. The van der Waals surface area contributed by atoms with E-state index in [1.54, 1.807) is 18.6 Å². The number of aryl methyl sites for hydroxylation is 1. The van der Waals surface area contributed by atoms with Gasteiger partial charge in [0.25, 0.3) is 5.91 Å². The molecule has 0 unspecified atom stereocenters. The number of aromatic nitrogens is 1. The molecule has 1 aliphatic rings. The first-order chi connectivity index (χ1) is 16.1. The molecule has 162 valence electrons. The molecule has 2 aromatic heterocycles. The Kier molecular flexibility index (Phi) is 5.59. The number of pyridine rings is 1. The van der Waals surface area contributed by atoms with Crippen LogP contribution in [0, 0.1) is 6.92 Å². The van der Waals surface area contributed by atoms with Crippen molar-refractivity contribution in [2.75, 3.05) is 0 Å². The number of amides is 1. The Hall–Kier alpha value is -4.03. The Morgan fingerprint density at radius 2 is 1.94 bits per heavy atom. The highest BCUT2D eigenvalue weighted by atomic mass is 35.5. The molecule has 1 aliphatic heterocycles. The van der Waals surface area contributed by atoms with Crippen LogP contribution in [0.2, 0.25) is 5.15 Å². The van der Waals surface area contributed by atoms with Crippen LogP contribution in [0.1, 0.15) is 22.5 Å². The molecule has 2 aromatic carbocycles. The molecule has 7 heteroatoms. The van der Waals surface area contributed by atoms with Crippen molar-refractivity contribution in [1.82, 2.24) is 9.99 Å². The Balaban J connectivity index is 1.50. The summed E-state index contributed by atoms with van der Waals surface area (Å²) in [7, 11) is 0. The van der Waals surface area contributed by atoms with Gasteiger partial charge in [-0.25, -0.2) is 9.98 Å². The van der Waals surface area contributed by atoms with Gasteiger partial charge in [0.2, 0.25) is 0 Å². The number of nitrogens with zero attached hydrogens (tertiary/aromatic N) is 4. The highest BCUT2D eigenvalue weighted by Crippen LogP contribution is 2.23. The van der Waals surface area contributed by atoms with Gasteiger partial charge in [0, 0.05) is 22.9 Å². The Labute approximate surface area is 195 Å². The molecule has 33 heavy (non-hydrogen) atoms. The van der Waals surface area contributed by atoms with E-state index in [1.165, 1.54) is 5.01 Å². The van der Waals surface area contributed by atoms with Crippen molar-refractivity contribution < 1.29 is 9.21 Å². The van der Waals surface area contributed by atoms with Gasteiger partial charge in [-0.3, -0.25) is 4.79 Å². The van der Waals surface area contributed by atoms with Crippen LogP contribution >= 0.6 is 11.6 Å². The smallest absolute Gasteiger partial charge is 0.298 e. The fourth-order valence-electron chi connectivity index (χ4n) is 3.55. The predicted molar refractivity (Wildman–Crippen MR) is 129 cm³/mol. The van der Waals surface area contributed by atoms with Crippen molar-refractivity contribution in [3.63, 3.8) is 0 Å². The molecule has 0 saturated heterocycles. The Morgan fingerprint density at radius 3 is 2.73 bits per heavy atom. The van der Waals surface area contributed by atoms with Gasteiger partial charge in [0.05, 0.1) is 18.0 Å². The van der Waals surface area contributed by atoms with E-state index in [0.717, 1.165) is 27.8 Å². The number of allylic oxidation sites excluding steroid dienone is 1. The van der Waals surface area contributed by atoms with Crippen LogP contribution in [0.25, 0.3) is 10.9 Å².